The lowest BCUT2D eigenvalue weighted by Gasteiger charge is -2.34. The number of aryl methyl sites for hydroxylation is 1. The second-order valence-corrected chi connectivity index (χ2v) is 12.8. The fraction of sp³-hybridized carbons (Fsp3) is 0.333. The van der Waals surface area contributed by atoms with Gasteiger partial charge in [0.2, 0.25) is 21.8 Å². The first-order valence-corrected chi connectivity index (χ1v) is 16.3. The van der Waals surface area contributed by atoms with Gasteiger partial charge in [-0.05, 0) is 61.9 Å². The molecule has 1 fully saturated rings. The van der Waals surface area contributed by atoms with Gasteiger partial charge in [0.25, 0.3) is 0 Å². The Balaban J connectivity index is 1.51. The molecule has 1 heterocycles. The topological polar surface area (TPSA) is 160 Å². The van der Waals surface area contributed by atoms with Crippen molar-refractivity contribution in [2.24, 2.45) is 16.8 Å². The zero-order valence-electron chi connectivity index (χ0n) is 25.4. The summed E-state index contributed by atoms with van der Waals surface area (Å²) in [4.78, 5) is 44.4. The third-order valence-corrected chi connectivity index (χ3v) is 9.01. The van der Waals surface area contributed by atoms with E-state index in [1.807, 2.05) is 37.3 Å². The van der Waals surface area contributed by atoms with E-state index in [9.17, 15) is 22.8 Å². The van der Waals surface area contributed by atoms with Crippen molar-refractivity contribution in [3.8, 4) is 0 Å². The van der Waals surface area contributed by atoms with Gasteiger partial charge in [0.15, 0.2) is 5.84 Å². The number of hydrogen-bond acceptors (Lipinski definition) is 7. The van der Waals surface area contributed by atoms with Crippen LogP contribution in [0.25, 0.3) is 0 Å². The summed E-state index contributed by atoms with van der Waals surface area (Å²) in [6.45, 7) is 4.11. The predicted molar refractivity (Wildman–Crippen MR) is 170 cm³/mol. The number of hydrogen-bond donors (Lipinski definition) is 3. The lowest BCUT2D eigenvalue weighted by atomic mass is 9.95. The summed E-state index contributed by atoms with van der Waals surface area (Å²) < 4.78 is 29.5. The Kier molecular flexibility index (Phi) is 11.4. The molecular formula is C33H39N5O6S. The van der Waals surface area contributed by atoms with Crippen LogP contribution in [0.4, 0.5) is 0 Å². The van der Waals surface area contributed by atoms with Gasteiger partial charge >= 0.3 is 5.97 Å². The Morgan fingerprint density at radius 1 is 1.02 bits per heavy atom. The Labute approximate surface area is 263 Å². The molecular weight excluding hydrogens is 594 g/mol. The van der Waals surface area contributed by atoms with Crippen LogP contribution < -0.4 is 15.8 Å². The molecule has 11 nitrogen and oxygen atoms in total. The van der Waals surface area contributed by atoms with Gasteiger partial charge < -0.3 is 20.8 Å². The number of nitrogens with two attached hydrogens (primary N) is 1. The smallest absolute Gasteiger partial charge is 0.332 e. The van der Waals surface area contributed by atoms with Gasteiger partial charge in [-0.2, -0.15) is 4.72 Å². The molecule has 0 spiro atoms. The van der Waals surface area contributed by atoms with Crippen molar-refractivity contribution in [3.63, 3.8) is 0 Å². The summed E-state index contributed by atoms with van der Waals surface area (Å²) in [5.74, 6) is -1.65. The highest BCUT2D eigenvalue weighted by molar-refractivity contribution is 7.89. The fourth-order valence-corrected chi connectivity index (χ4v) is 6.33. The van der Waals surface area contributed by atoms with E-state index in [1.165, 1.54) is 19.1 Å². The lowest BCUT2D eigenvalue weighted by Crippen LogP contribution is -2.53. The van der Waals surface area contributed by atoms with Crippen molar-refractivity contribution in [2.75, 3.05) is 19.6 Å². The number of amides is 2. The molecule has 2 amide bonds. The van der Waals surface area contributed by atoms with Crippen LogP contribution in [-0.2, 0) is 42.1 Å². The van der Waals surface area contributed by atoms with Gasteiger partial charge in [-0.25, -0.2) is 13.2 Å². The van der Waals surface area contributed by atoms with Crippen molar-refractivity contribution >= 4 is 33.6 Å². The molecule has 0 aliphatic carbocycles. The molecule has 1 aliphatic rings. The number of likely N-dealkylation sites (tertiary alicyclic amines) is 1. The van der Waals surface area contributed by atoms with Crippen LogP contribution in [0.2, 0.25) is 0 Å². The van der Waals surface area contributed by atoms with E-state index < -0.39 is 33.9 Å². The van der Waals surface area contributed by atoms with Crippen LogP contribution in [-0.4, -0.2) is 62.6 Å². The zero-order chi connectivity index (χ0) is 32.4. The third-order valence-electron chi connectivity index (χ3n) is 7.52. The standard InChI is InChI=1S/C33H39N5O6S/c1-23-13-15-29(16-14-23)45(42,43)37-30(21-26-10-6-11-27(20-26)31(34)36-44-24(2)39)33(41)38-19-7-12-28(22-38)32(40)35-18-17-25-8-4-3-5-9-25/h3-6,8-11,13-16,20,28,30,37H,7,12,17-19,21-22H2,1-2H3,(H2,34,36)(H,35,40)/t28?,30-/m0/s1. The monoisotopic (exact) mass is 633 g/mol. The summed E-state index contributed by atoms with van der Waals surface area (Å²) in [6, 6.07) is 21.8. The van der Waals surface area contributed by atoms with Gasteiger partial charge in [-0.3, -0.25) is 9.59 Å². The maximum atomic E-state index is 14.0. The number of rotatable bonds is 12. The normalized spacial score (nSPS) is 16.1. The first-order chi connectivity index (χ1) is 21.5. The van der Waals surface area contributed by atoms with Gasteiger partial charge in [0.05, 0.1) is 10.8 Å². The zero-order valence-corrected chi connectivity index (χ0v) is 26.3. The second-order valence-electron chi connectivity index (χ2n) is 11.1. The molecule has 3 aromatic rings. The van der Waals surface area contributed by atoms with Crippen LogP contribution in [0.5, 0.6) is 0 Å². The lowest BCUT2D eigenvalue weighted by molar-refractivity contribution is -0.141. The Bertz CT molecular complexity index is 1630. The second kappa shape index (κ2) is 15.4. The minimum Gasteiger partial charge on any atom is -0.380 e. The van der Waals surface area contributed by atoms with E-state index in [-0.39, 0.29) is 29.6 Å². The third kappa shape index (κ3) is 9.72. The maximum Gasteiger partial charge on any atom is 0.332 e. The van der Waals surface area contributed by atoms with E-state index in [1.54, 1.807) is 41.3 Å². The molecule has 1 unspecified atom stereocenters. The number of benzene rings is 3. The predicted octanol–water partition coefficient (Wildman–Crippen LogP) is 2.67. The van der Waals surface area contributed by atoms with Crippen LogP contribution >= 0.6 is 0 Å². The van der Waals surface area contributed by atoms with E-state index >= 15 is 0 Å². The molecule has 0 radical (unpaired) electrons. The SMILES string of the molecule is CC(=O)O/N=C(\N)c1cccc(C[C@H](NS(=O)(=O)c2ccc(C)cc2)C(=O)N2CCCC(C(=O)NCCc3ccccc3)C2)c1. The Morgan fingerprint density at radius 3 is 2.44 bits per heavy atom. The highest BCUT2D eigenvalue weighted by Crippen LogP contribution is 2.20. The minimum absolute atomic E-state index is 0.00302. The van der Waals surface area contributed by atoms with Crippen LogP contribution in [0.15, 0.2) is 88.9 Å². The summed E-state index contributed by atoms with van der Waals surface area (Å²) in [5.41, 5.74) is 9.02. The van der Waals surface area contributed by atoms with Crippen molar-refractivity contribution in [1.82, 2.24) is 14.9 Å². The number of nitrogens with one attached hydrogen (secondary N) is 2. The van der Waals surface area contributed by atoms with Crippen molar-refractivity contribution < 1.29 is 27.6 Å². The van der Waals surface area contributed by atoms with Gasteiger partial charge in [0, 0.05) is 32.1 Å². The molecule has 0 aromatic heterocycles. The average molecular weight is 634 g/mol. The van der Waals surface area contributed by atoms with E-state index in [0.29, 0.717) is 43.5 Å². The quantitative estimate of drug-likeness (QED) is 0.120. The van der Waals surface area contributed by atoms with E-state index in [2.05, 4.69) is 20.0 Å². The Morgan fingerprint density at radius 2 is 1.73 bits per heavy atom. The van der Waals surface area contributed by atoms with Crippen LogP contribution in [0, 0.1) is 12.8 Å². The number of oxime groups is 1. The van der Waals surface area contributed by atoms with Crippen LogP contribution in [0.3, 0.4) is 0 Å². The Hall–Kier alpha value is -4.55. The highest BCUT2D eigenvalue weighted by Gasteiger charge is 2.34. The molecule has 45 heavy (non-hydrogen) atoms. The van der Waals surface area contributed by atoms with E-state index in [0.717, 1.165) is 11.1 Å². The summed E-state index contributed by atoms with van der Waals surface area (Å²) >= 11 is 0. The highest BCUT2D eigenvalue weighted by atomic mass is 32.2. The fourth-order valence-electron chi connectivity index (χ4n) is 5.14. The summed E-state index contributed by atoms with van der Waals surface area (Å²) in [6.07, 6.45) is 1.94. The van der Waals surface area contributed by atoms with Gasteiger partial charge in [0.1, 0.15) is 6.04 Å². The number of piperidine rings is 1. The largest absolute Gasteiger partial charge is 0.380 e. The summed E-state index contributed by atoms with van der Waals surface area (Å²) in [7, 11) is -4.08. The molecule has 4 N–H and O–H groups in total. The average Bonchev–Trinajstić information content (AvgIpc) is 3.03. The summed E-state index contributed by atoms with van der Waals surface area (Å²) in [5, 5.41) is 6.60. The molecule has 1 aliphatic heterocycles. The number of sulfonamides is 1. The maximum absolute atomic E-state index is 14.0. The van der Waals surface area contributed by atoms with Gasteiger partial charge in [-0.15, -0.1) is 0 Å². The van der Waals surface area contributed by atoms with Crippen molar-refractivity contribution in [1.29, 1.82) is 0 Å². The first-order valence-electron chi connectivity index (χ1n) is 14.8. The molecule has 3 aromatic carbocycles. The van der Waals surface area contributed by atoms with E-state index in [4.69, 9.17) is 5.73 Å². The van der Waals surface area contributed by atoms with Crippen LogP contribution in [0.1, 0.15) is 42.0 Å². The molecule has 1 saturated heterocycles. The van der Waals surface area contributed by atoms with Crippen molar-refractivity contribution in [3.05, 3.63) is 101 Å². The number of carbonyl (C=O) groups is 3. The molecule has 0 bridgehead atoms. The number of amidine groups is 1. The molecule has 12 heteroatoms. The molecule has 4 rings (SSSR count). The first kappa shape index (κ1) is 33.3. The van der Waals surface area contributed by atoms with Gasteiger partial charge in [-0.1, -0.05) is 71.4 Å². The number of nitrogens with zero attached hydrogens (tertiary/aromatic N) is 2. The van der Waals surface area contributed by atoms with Crippen molar-refractivity contribution in [2.45, 2.75) is 50.5 Å². The molecule has 2 atom stereocenters. The minimum atomic E-state index is -4.08. The number of carbonyl (C=O) groups excluding carboxylic acids is 3. The molecule has 0 saturated carbocycles. The molecule has 238 valence electrons.